The summed E-state index contributed by atoms with van der Waals surface area (Å²) in [6.07, 6.45) is 0.0868. The SMILES string of the molecule is O=CCN(C(=O)Oc1ccccc1)c1ccccc1. The lowest BCUT2D eigenvalue weighted by atomic mass is 10.3. The molecule has 96 valence electrons. The molecule has 0 saturated heterocycles. The maximum Gasteiger partial charge on any atom is 0.420 e. The van der Waals surface area contributed by atoms with Crippen LogP contribution < -0.4 is 9.64 Å². The lowest BCUT2D eigenvalue weighted by Gasteiger charge is -2.19. The molecule has 0 spiro atoms. The second-order valence-corrected chi connectivity index (χ2v) is 3.79. The average molecular weight is 255 g/mol. The number of para-hydroxylation sites is 2. The predicted molar refractivity (Wildman–Crippen MR) is 72.3 cm³/mol. The second-order valence-electron chi connectivity index (χ2n) is 3.79. The number of benzene rings is 2. The Labute approximate surface area is 111 Å². The fourth-order valence-electron chi connectivity index (χ4n) is 1.61. The molecule has 0 saturated carbocycles. The largest absolute Gasteiger partial charge is 0.420 e. The smallest absolute Gasteiger partial charge is 0.410 e. The summed E-state index contributed by atoms with van der Waals surface area (Å²) in [7, 11) is 0. The zero-order valence-corrected chi connectivity index (χ0v) is 10.2. The number of ether oxygens (including phenoxy) is 1. The van der Waals surface area contributed by atoms with Gasteiger partial charge < -0.3 is 9.53 Å². The molecular formula is C15H13NO3. The lowest BCUT2D eigenvalue weighted by Crippen LogP contribution is -2.35. The third kappa shape index (κ3) is 3.42. The minimum absolute atomic E-state index is 0.0460. The van der Waals surface area contributed by atoms with Crippen molar-refractivity contribution in [3.8, 4) is 5.75 Å². The first-order valence-electron chi connectivity index (χ1n) is 5.84. The van der Waals surface area contributed by atoms with Crippen LogP contribution in [-0.4, -0.2) is 18.9 Å². The summed E-state index contributed by atoms with van der Waals surface area (Å²) >= 11 is 0. The van der Waals surface area contributed by atoms with Gasteiger partial charge in [-0.3, -0.25) is 4.90 Å². The summed E-state index contributed by atoms with van der Waals surface area (Å²) in [5.74, 6) is 0.444. The van der Waals surface area contributed by atoms with E-state index in [1.165, 1.54) is 4.90 Å². The molecule has 19 heavy (non-hydrogen) atoms. The fraction of sp³-hybridized carbons (Fsp3) is 0.0667. The van der Waals surface area contributed by atoms with Gasteiger partial charge in [0.15, 0.2) is 0 Å². The maximum absolute atomic E-state index is 12.0. The van der Waals surface area contributed by atoms with Crippen LogP contribution in [0.3, 0.4) is 0 Å². The van der Waals surface area contributed by atoms with E-state index >= 15 is 0 Å². The van der Waals surface area contributed by atoms with Gasteiger partial charge in [0.1, 0.15) is 12.0 Å². The van der Waals surface area contributed by atoms with E-state index in [1.54, 1.807) is 48.5 Å². The van der Waals surface area contributed by atoms with Crippen molar-refractivity contribution in [3.05, 3.63) is 60.7 Å². The van der Waals surface area contributed by atoms with Gasteiger partial charge in [-0.05, 0) is 24.3 Å². The Morgan fingerprint density at radius 2 is 1.58 bits per heavy atom. The summed E-state index contributed by atoms with van der Waals surface area (Å²) in [6.45, 7) is -0.0460. The van der Waals surface area contributed by atoms with Gasteiger partial charge >= 0.3 is 6.09 Å². The van der Waals surface area contributed by atoms with E-state index in [0.29, 0.717) is 17.7 Å². The first kappa shape index (κ1) is 12.8. The Kier molecular flexibility index (Phi) is 4.29. The van der Waals surface area contributed by atoms with Gasteiger partial charge in [0, 0.05) is 5.69 Å². The summed E-state index contributed by atoms with van der Waals surface area (Å²) < 4.78 is 5.21. The Morgan fingerprint density at radius 3 is 2.16 bits per heavy atom. The molecule has 0 aliphatic heterocycles. The number of hydrogen-bond acceptors (Lipinski definition) is 3. The van der Waals surface area contributed by atoms with E-state index in [0.717, 1.165) is 0 Å². The van der Waals surface area contributed by atoms with Gasteiger partial charge in [0.05, 0.1) is 6.54 Å². The number of nitrogens with zero attached hydrogens (tertiary/aromatic N) is 1. The highest BCUT2D eigenvalue weighted by Crippen LogP contribution is 2.16. The summed E-state index contributed by atoms with van der Waals surface area (Å²) in [4.78, 5) is 24.0. The standard InChI is InChI=1S/C15H13NO3/c17-12-11-16(13-7-3-1-4-8-13)15(18)19-14-9-5-2-6-10-14/h1-10,12H,11H2. The Morgan fingerprint density at radius 1 is 1.00 bits per heavy atom. The third-order valence-corrected chi connectivity index (χ3v) is 2.49. The van der Waals surface area contributed by atoms with Gasteiger partial charge in [0.25, 0.3) is 0 Å². The quantitative estimate of drug-likeness (QED) is 0.789. The number of anilines is 1. The van der Waals surface area contributed by atoms with Gasteiger partial charge in [-0.2, -0.15) is 0 Å². The average Bonchev–Trinajstić information content (AvgIpc) is 2.46. The van der Waals surface area contributed by atoms with E-state index in [1.807, 2.05) is 12.1 Å². The van der Waals surface area contributed by atoms with Gasteiger partial charge in [-0.15, -0.1) is 0 Å². The molecule has 0 bridgehead atoms. The Bertz CT molecular complexity index is 540. The van der Waals surface area contributed by atoms with Gasteiger partial charge in [-0.25, -0.2) is 4.79 Å². The molecule has 2 rings (SSSR count). The number of aldehydes is 1. The molecule has 4 nitrogen and oxygen atoms in total. The molecule has 0 heterocycles. The third-order valence-electron chi connectivity index (χ3n) is 2.49. The molecule has 1 amide bonds. The first-order valence-corrected chi connectivity index (χ1v) is 5.84. The van der Waals surface area contributed by atoms with Gasteiger partial charge in [0.2, 0.25) is 0 Å². The molecule has 0 aliphatic carbocycles. The number of hydrogen-bond donors (Lipinski definition) is 0. The minimum atomic E-state index is -0.579. The number of carbonyl (C=O) groups is 2. The van der Waals surface area contributed by atoms with Crippen LogP contribution in [-0.2, 0) is 4.79 Å². The van der Waals surface area contributed by atoms with E-state index in [4.69, 9.17) is 4.74 Å². The summed E-state index contributed by atoms with van der Waals surface area (Å²) in [5.41, 5.74) is 0.621. The van der Waals surface area contributed by atoms with E-state index in [9.17, 15) is 9.59 Å². The van der Waals surface area contributed by atoms with Gasteiger partial charge in [-0.1, -0.05) is 36.4 Å². The van der Waals surface area contributed by atoms with Crippen molar-refractivity contribution in [1.29, 1.82) is 0 Å². The highest BCUT2D eigenvalue weighted by molar-refractivity contribution is 5.92. The van der Waals surface area contributed by atoms with Crippen LogP contribution in [0, 0.1) is 0 Å². The van der Waals surface area contributed by atoms with Crippen LogP contribution in [0.25, 0.3) is 0 Å². The van der Waals surface area contributed by atoms with Crippen molar-refractivity contribution < 1.29 is 14.3 Å². The molecule has 0 fully saturated rings. The molecule has 0 N–H and O–H groups in total. The number of amides is 1. The van der Waals surface area contributed by atoms with Crippen molar-refractivity contribution in [1.82, 2.24) is 0 Å². The molecule has 0 aliphatic rings. The van der Waals surface area contributed by atoms with Crippen LogP contribution in [0.4, 0.5) is 10.5 Å². The Balaban J connectivity index is 2.15. The second kappa shape index (κ2) is 6.35. The lowest BCUT2D eigenvalue weighted by molar-refractivity contribution is -0.106. The van der Waals surface area contributed by atoms with Crippen molar-refractivity contribution in [3.63, 3.8) is 0 Å². The summed E-state index contributed by atoms with van der Waals surface area (Å²) in [6, 6.07) is 17.7. The Hall–Kier alpha value is -2.62. The molecule has 0 radical (unpaired) electrons. The van der Waals surface area contributed by atoms with Crippen LogP contribution in [0.1, 0.15) is 0 Å². The topological polar surface area (TPSA) is 46.6 Å². The van der Waals surface area contributed by atoms with Crippen molar-refractivity contribution in [2.75, 3.05) is 11.4 Å². The number of rotatable bonds is 4. The monoisotopic (exact) mass is 255 g/mol. The number of carbonyl (C=O) groups excluding carboxylic acids is 2. The van der Waals surface area contributed by atoms with E-state index in [-0.39, 0.29) is 6.54 Å². The van der Waals surface area contributed by atoms with E-state index in [2.05, 4.69) is 0 Å². The van der Waals surface area contributed by atoms with Crippen LogP contribution in [0.5, 0.6) is 5.75 Å². The normalized spacial score (nSPS) is 9.68. The highest BCUT2D eigenvalue weighted by atomic mass is 16.6. The van der Waals surface area contributed by atoms with Crippen molar-refractivity contribution in [2.45, 2.75) is 0 Å². The molecule has 0 unspecified atom stereocenters. The van der Waals surface area contributed by atoms with Crippen LogP contribution in [0.15, 0.2) is 60.7 Å². The zero-order chi connectivity index (χ0) is 13.5. The summed E-state index contributed by atoms with van der Waals surface area (Å²) in [5, 5.41) is 0. The van der Waals surface area contributed by atoms with Crippen LogP contribution >= 0.6 is 0 Å². The van der Waals surface area contributed by atoms with Crippen molar-refractivity contribution >= 4 is 18.1 Å². The molecule has 4 heteroatoms. The molecule has 0 aromatic heterocycles. The molecule has 0 atom stereocenters. The zero-order valence-electron chi connectivity index (χ0n) is 10.2. The fourth-order valence-corrected chi connectivity index (χ4v) is 1.61. The van der Waals surface area contributed by atoms with E-state index < -0.39 is 6.09 Å². The molecular weight excluding hydrogens is 242 g/mol. The molecule has 2 aromatic carbocycles. The van der Waals surface area contributed by atoms with Crippen LogP contribution in [0.2, 0.25) is 0 Å². The first-order chi connectivity index (χ1) is 9.31. The molecule has 2 aromatic rings. The van der Waals surface area contributed by atoms with Crippen molar-refractivity contribution in [2.24, 2.45) is 0 Å². The minimum Gasteiger partial charge on any atom is -0.410 e. The highest BCUT2D eigenvalue weighted by Gasteiger charge is 2.17. The maximum atomic E-state index is 12.0. The predicted octanol–water partition coefficient (Wildman–Crippen LogP) is 2.89.